The summed E-state index contributed by atoms with van der Waals surface area (Å²) in [6.45, 7) is 9.50. The maximum absolute atomic E-state index is 12.9. The number of rotatable bonds is 12. The molecular formula is C22H37NO4S. The Morgan fingerprint density at radius 1 is 1.00 bits per heavy atom. The normalized spacial score (nSPS) is 12.1. The van der Waals surface area contributed by atoms with Gasteiger partial charge in [-0.15, -0.1) is 0 Å². The number of unbranched alkanes of at least 4 members (excludes halogenated alkanes) is 6. The van der Waals surface area contributed by atoms with Crippen molar-refractivity contribution in [1.82, 2.24) is 0 Å². The molecule has 0 spiro atoms. The molecule has 6 heteroatoms. The Bertz CT molecular complexity index is 767. The van der Waals surface area contributed by atoms with Crippen LogP contribution in [0.25, 0.3) is 0 Å². The van der Waals surface area contributed by atoms with Crippen LogP contribution in [0.1, 0.15) is 119 Å². The fourth-order valence-electron chi connectivity index (χ4n) is 3.68. The number of hydrogen-bond donors (Lipinski definition) is 2. The Labute approximate surface area is 170 Å². The Hall–Kier alpha value is -1.40. The minimum absolute atomic E-state index is 0.144. The molecule has 0 aliphatic carbocycles. The number of hydrogen-bond acceptors (Lipinski definition) is 4. The number of anilines is 1. The molecule has 28 heavy (non-hydrogen) atoms. The number of carbonyl (C=O) groups is 1. The Balaban J connectivity index is 3.16. The monoisotopic (exact) mass is 411 g/mol. The molecule has 0 atom stereocenters. The van der Waals surface area contributed by atoms with Gasteiger partial charge in [-0.2, -0.15) is 8.42 Å². The summed E-state index contributed by atoms with van der Waals surface area (Å²) in [6.07, 6.45) is 8.02. The van der Waals surface area contributed by atoms with E-state index in [1.54, 1.807) is 0 Å². The summed E-state index contributed by atoms with van der Waals surface area (Å²) in [7, 11) is -4.47. The van der Waals surface area contributed by atoms with E-state index >= 15 is 0 Å². The summed E-state index contributed by atoms with van der Waals surface area (Å²) in [4.78, 5) is 12.8. The molecule has 1 aromatic carbocycles. The predicted molar refractivity (Wildman–Crippen MR) is 116 cm³/mol. The smallest absolute Gasteiger partial charge is 0.295 e. The molecule has 0 heterocycles. The fourth-order valence-corrected chi connectivity index (χ4v) is 4.88. The van der Waals surface area contributed by atoms with E-state index in [1.165, 1.54) is 31.7 Å². The average Bonchev–Trinajstić information content (AvgIpc) is 2.58. The molecule has 5 nitrogen and oxygen atoms in total. The van der Waals surface area contributed by atoms with Crippen LogP contribution in [0.2, 0.25) is 0 Å². The van der Waals surface area contributed by atoms with E-state index in [1.807, 2.05) is 27.7 Å². The molecule has 1 aromatic rings. The van der Waals surface area contributed by atoms with E-state index in [4.69, 9.17) is 5.73 Å². The lowest BCUT2D eigenvalue weighted by atomic mass is 9.87. The zero-order chi connectivity index (χ0) is 21.5. The highest BCUT2D eigenvalue weighted by Gasteiger charge is 2.30. The van der Waals surface area contributed by atoms with E-state index < -0.39 is 10.1 Å². The summed E-state index contributed by atoms with van der Waals surface area (Å²) in [5.74, 6) is -0.551. The van der Waals surface area contributed by atoms with Crippen LogP contribution in [0.5, 0.6) is 0 Å². The number of carbonyl (C=O) groups excluding carboxylic acids is 1. The van der Waals surface area contributed by atoms with Crippen LogP contribution >= 0.6 is 0 Å². The SMILES string of the molecule is CCCCCCCCCC(=O)c1c(N)cc(C(C)C)c(S(=O)(=O)O)c1C(C)C. The first-order chi connectivity index (χ1) is 13.0. The summed E-state index contributed by atoms with van der Waals surface area (Å²) in [5.41, 5.74) is 7.56. The van der Waals surface area contributed by atoms with Crippen LogP contribution in [0.4, 0.5) is 5.69 Å². The second-order valence-corrected chi connectivity index (χ2v) is 9.61. The lowest BCUT2D eigenvalue weighted by molar-refractivity contribution is 0.0978. The van der Waals surface area contributed by atoms with Crippen molar-refractivity contribution in [3.05, 3.63) is 22.8 Å². The average molecular weight is 412 g/mol. The van der Waals surface area contributed by atoms with Crippen LogP contribution in [0, 0.1) is 0 Å². The lowest BCUT2D eigenvalue weighted by Gasteiger charge is -2.22. The highest BCUT2D eigenvalue weighted by molar-refractivity contribution is 7.86. The van der Waals surface area contributed by atoms with Gasteiger partial charge in [-0.25, -0.2) is 0 Å². The third kappa shape index (κ3) is 6.59. The molecule has 0 amide bonds. The Kier molecular flexibility index (Phi) is 9.64. The first-order valence-electron chi connectivity index (χ1n) is 10.5. The minimum Gasteiger partial charge on any atom is -0.398 e. The van der Waals surface area contributed by atoms with Gasteiger partial charge in [0.15, 0.2) is 5.78 Å². The number of benzene rings is 1. The van der Waals surface area contributed by atoms with Gasteiger partial charge in [-0.05, 0) is 35.4 Å². The van der Waals surface area contributed by atoms with Crippen molar-refractivity contribution in [3.8, 4) is 0 Å². The standard InChI is InChI=1S/C22H37NO4S/c1-6-7-8-9-10-11-12-13-19(24)21-18(23)14-17(15(2)3)22(28(25,26)27)20(21)16(4)5/h14-16H,6-13,23H2,1-5H3,(H,25,26,27). The number of Topliss-reactive ketones (excluding diaryl/α,β-unsaturated/α-hetero) is 1. The van der Waals surface area contributed by atoms with E-state index in [9.17, 15) is 17.8 Å². The highest BCUT2D eigenvalue weighted by Crippen LogP contribution is 2.38. The van der Waals surface area contributed by atoms with Crippen molar-refractivity contribution < 1.29 is 17.8 Å². The largest absolute Gasteiger partial charge is 0.398 e. The molecule has 0 saturated heterocycles. The third-order valence-electron chi connectivity index (χ3n) is 5.12. The van der Waals surface area contributed by atoms with E-state index in [0.29, 0.717) is 23.2 Å². The van der Waals surface area contributed by atoms with Crippen LogP contribution in [0.3, 0.4) is 0 Å². The van der Waals surface area contributed by atoms with Gasteiger partial charge in [0, 0.05) is 17.7 Å². The summed E-state index contributed by atoms with van der Waals surface area (Å²) < 4.78 is 34.2. The number of nitrogen functional groups attached to an aromatic ring is 1. The first kappa shape index (κ1) is 24.6. The van der Waals surface area contributed by atoms with Gasteiger partial charge in [0.1, 0.15) is 4.90 Å². The van der Waals surface area contributed by atoms with Gasteiger partial charge in [0.05, 0.1) is 0 Å². The number of ketones is 1. The molecule has 0 aliphatic rings. The number of nitrogens with two attached hydrogens (primary N) is 1. The lowest BCUT2D eigenvalue weighted by Crippen LogP contribution is -2.17. The van der Waals surface area contributed by atoms with Crippen molar-refractivity contribution in [2.75, 3.05) is 5.73 Å². The molecule has 0 bridgehead atoms. The molecular weight excluding hydrogens is 374 g/mol. The van der Waals surface area contributed by atoms with Crippen LogP contribution in [0.15, 0.2) is 11.0 Å². The molecule has 0 aliphatic heterocycles. The fraction of sp³-hybridized carbons (Fsp3) is 0.682. The Morgan fingerprint density at radius 2 is 1.54 bits per heavy atom. The van der Waals surface area contributed by atoms with Crippen molar-refractivity contribution in [1.29, 1.82) is 0 Å². The molecule has 0 fully saturated rings. The molecule has 0 unspecified atom stereocenters. The van der Waals surface area contributed by atoms with Crippen molar-refractivity contribution in [3.63, 3.8) is 0 Å². The summed E-state index contributed by atoms with van der Waals surface area (Å²) in [6, 6.07) is 1.54. The third-order valence-corrected chi connectivity index (χ3v) is 6.09. The predicted octanol–water partition coefficient (Wildman–Crippen LogP) is 6.09. The Morgan fingerprint density at radius 3 is 2.00 bits per heavy atom. The second kappa shape index (κ2) is 11.0. The van der Waals surface area contributed by atoms with Gasteiger partial charge in [-0.3, -0.25) is 9.35 Å². The van der Waals surface area contributed by atoms with Crippen molar-refractivity contribution in [2.24, 2.45) is 0 Å². The van der Waals surface area contributed by atoms with E-state index in [0.717, 1.165) is 19.3 Å². The van der Waals surface area contributed by atoms with Gasteiger partial charge < -0.3 is 5.73 Å². The first-order valence-corrected chi connectivity index (χ1v) is 11.9. The zero-order valence-corrected chi connectivity index (χ0v) is 18.9. The van der Waals surface area contributed by atoms with Crippen molar-refractivity contribution >= 4 is 21.6 Å². The van der Waals surface area contributed by atoms with Crippen LogP contribution < -0.4 is 5.73 Å². The molecule has 3 N–H and O–H groups in total. The topological polar surface area (TPSA) is 97.5 Å². The molecule has 160 valence electrons. The second-order valence-electron chi connectivity index (χ2n) is 8.25. The van der Waals surface area contributed by atoms with Gasteiger partial charge in [0.2, 0.25) is 0 Å². The van der Waals surface area contributed by atoms with E-state index in [2.05, 4.69) is 6.92 Å². The van der Waals surface area contributed by atoms with E-state index in [-0.39, 0.29) is 28.1 Å². The van der Waals surface area contributed by atoms with Gasteiger partial charge >= 0.3 is 0 Å². The van der Waals surface area contributed by atoms with Gasteiger partial charge in [-0.1, -0.05) is 73.1 Å². The quantitative estimate of drug-likeness (QED) is 0.188. The summed E-state index contributed by atoms with van der Waals surface area (Å²) >= 11 is 0. The molecule has 1 rings (SSSR count). The van der Waals surface area contributed by atoms with Gasteiger partial charge in [0.25, 0.3) is 10.1 Å². The van der Waals surface area contributed by atoms with Crippen LogP contribution in [-0.2, 0) is 10.1 Å². The molecule has 0 aromatic heterocycles. The molecule has 0 saturated carbocycles. The van der Waals surface area contributed by atoms with Crippen molar-refractivity contribution in [2.45, 2.75) is 103 Å². The highest BCUT2D eigenvalue weighted by atomic mass is 32.2. The maximum atomic E-state index is 12.9. The summed E-state index contributed by atoms with van der Waals surface area (Å²) in [5, 5.41) is 0. The molecule has 0 radical (unpaired) electrons. The zero-order valence-electron chi connectivity index (χ0n) is 18.0. The van der Waals surface area contributed by atoms with Crippen LogP contribution in [-0.4, -0.2) is 18.8 Å². The minimum atomic E-state index is -4.47. The maximum Gasteiger partial charge on any atom is 0.295 e.